The molecule has 0 saturated carbocycles. The van der Waals surface area contributed by atoms with Crippen molar-refractivity contribution in [2.75, 3.05) is 26.4 Å². The molecule has 0 amide bonds. The highest BCUT2D eigenvalue weighted by atomic mass is 16.6. The van der Waals surface area contributed by atoms with E-state index in [4.69, 9.17) is 9.47 Å². The maximum Gasteiger partial charge on any atom is 0.128 e. The number of hydrogen-bond acceptors (Lipinski definition) is 4. The largest absolute Gasteiger partial charge is 0.376 e. The fraction of sp³-hybridized carbons (Fsp3) is 0.769. The lowest BCUT2D eigenvalue weighted by Crippen LogP contribution is -2.42. The first-order valence-corrected chi connectivity index (χ1v) is 6.80. The number of nitrogens with zero attached hydrogens (tertiary/aromatic N) is 2. The van der Waals surface area contributed by atoms with Gasteiger partial charge in [0, 0.05) is 18.9 Å². The van der Waals surface area contributed by atoms with E-state index in [2.05, 4.69) is 28.7 Å². The molecule has 1 aromatic heterocycles. The zero-order valence-electron chi connectivity index (χ0n) is 11.3. The molecular formula is C13H23N3O2. The van der Waals surface area contributed by atoms with E-state index in [1.807, 2.05) is 12.4 Å². The molecule has 2 heterocycles. The molecular weight excluding hydrogens is 230 g/mol. The molecule has 1 aliphatic rings. The minimum atomic E-state index is 0.0537. The highest BCUT2D eigenvalue weighted by Gasteiger charge is 2.29. The van der Waals surface area contributed by atoms with Crippen LogP contribution in [0.2, 0.25) is 0 Å². The highest BCUT2D eigenvalue weighted by molar-refractivity contribution is 5.03. The molecule has 18 heavy (non-hydrogen) atoms. The van der Waals surface area contributed by atoms with Gasteiger partial charge in [-0.3, -0.25) is 0 Å². The van der Waals surface area contributed by atoms with Crippen molar-refractivity contribution in [1.82, 2.24) is 14.9 Å². The Morgan fingerprint density at radius 1 is 1.50 bits per heavy atom. The molecule has 2 atom stereocenters. The predicted molar refractivity (Wildman–Crippen MR) is 69.5 cm³/mol. The van der Waals surface area contributed by atoms with Crippen LogP contribution >= 0.6 is 0 Å². The van der Waals surface area contributed by atoms with Crippen LogP contribution in [-0.4, -0.2) is 42.0 Å². The molecule has 1 saturated heterocycles. The quantitative estimate of drug-likeness (QED) is 0.831. The van der Waals surface area contributed by atoms with E-state index in [-0.39, 0.29) is 12.1 Å². The van der Waals surface area contributed by atoms with Gasteiger partial charge >= 0.3 is 0 Å². The third kappa shape index (κ3) is 3.10. The first kappa shape index (κ1) is 13.5. The van der Waals surface area contributed by atoms with Crippen LogP contribution in [0.3, 0.4) is 0 Å². The number of ether oxygens (including phenoxy) is 2. The Morgan fingerprint density at radius 3 is 3.06 bits per heavy atom. The topological polar surface area (TPSA) is 48.3 Å². The van der Waals surface area contributed by atoms with Gasteiger partial charge in [-0.15, -0.1) is 0 Å². The molecule has 1 fully saturated rings. The molecule has 2 unspecified atom stereocenters. The smallest absolute Gasteiger partial charge is 0.128 e. The Morgan fingerprint density at radius 2 is 2.39 bits per heavy atom. The van der Waals surface area contributed by atoms with Gasteiger partial charge in [-0.1, -0.05) is 6.92 Å². The summed E-state index contributed by atoms with van der Waals surface area (Å²) in [7, 11) is 0. The third-order valence-corrected chi connectivity index (χ3v) is 3.19. The second-order valence-electron chi connectivity index (χ2n) is 4.49. The standard InChI is InChI=1S/C13H23N3O2/c1-3-5-14-12(11-10-17-8-9-18-11)13-15-6-7-16(13)4-2/h6-7,11-12,14H,3-5,8-10H2,1-2H3. The van der Waals surface area contributed by atoms with Crippen LogP contribution < -0.4 is 5.32 Å². The normalized spacial score (nSPS) is 22.0. The number of nitrogens with one attached hydrogen (secondary N) is 1. The minimum Gasteiger partial charge on any atom is -0.376 e. The summed E-state index contributed by atoms with van der Waals surface area (Å²) in [6, 6.07) is 0.111. The van der Waals surface area contributed by atoms with E-state index >= 15 is 0 Å². The van der Waals surface area contributed by atoms with Crippen LogP contribution in [-0.2, 0) is 16.0 Å². The number of hydrogen-bond donors (Lipinski definition) is 1. The van der Waals surface area contributed by atoms with E-state index < -0.39 is 0 Å². The van der Waals surface area contributed by atoms with Crippen LogP contribution in [0, 0.1) is 0 Å². The minimum absolute atomic E-state index is 0.0537. The molecule has 0 aliphatic carbocycles. The van der Waals surface area contributed by atoms with Crippen LogP contribution in [0.4, 0.5) is 0 Å². The van der Waals surface area contributed by atoms with Crippen LogP contribution in [0.5, 0.6) is 0 Å². The summed E-state index contributed by atoms with van der Waals surface area (Å²) in [6.45, 7) is 8.17. The summed E-state index contributed by atoms with van der Waals surface area (Å²) in [5, 5.41) is 3.53. The maximum atomic E-state index is 5.82. The van der Waals surface area contributed by atoms with Crippen LogP contribution in [0.15, 0.2) is 12.4 Å². The van der Waals surface area contributed by atoms with Crippen LogP contribution in [0.25, 0.3) is 0 Å². The SMILES string of the molecule is CCCNC(c1nccn1CC)C1COCCO1. The molecule has 102 valence electrons. The molecule has 5 heteroatoms. The van der Waals surface area contributed by atoms with E-state index in [1.54, 1.807) is 0 Å². The number of aromatic nitrogens is 2. The molecule has 1 aliphatic heterocycles. The van der Waals surface area contributed by atoms with Gasteiger partial charge in [-0.05, 0) is 19.9 Å². The van der Waals surface area contributed by atoms with Gasteiger partial charge in [0.25, 0.3) is 0 Å². The lowest BCUT2D eigenvalue weighted by Gasteiger charge is -2.31. The van der Waals surface area contributed by atoms with Crippen molar-refractivity contribution in [3.63, 3.8) is 0 Å². The Kier molecular flexibility index (Phi) is 5.16. The molecule has 0 aromatic carbocycles. The van der Waals surface area contributed by atoms with Crippen molar-refractivity contribution in [2.24, 2.45) is 0 Å². The fourth-order valence-corrected chi connectivity index (χ4v) is 2.25. The second kappa shape index (κ2) is 6.87. The van der Waals surface area contributed by atoms with Crippen molar-refractivity contribution in [3.05, 3.63) is 18.2 Å². The Hall–Kier alpha value is -0.910. The van der Waals surface area contributed by atoms with Crippen molar-refractivity contribution in [3.8, 4) is 0 Å². The first-order valence-electron chi connectivity index (χ1n) is 6.80. The third-order valence-electron chi connectivity index (χ3n) is 3.19. The van der Waals surface area contributed by atoms with Gasteiger partial charge in [0.05, 0.1) is 25.9 Å². The summed E-state index contributed by atoms with van der Waals surface area (Å²) >= 11 is 0. The molecule has 0 bridgehead atoms. The van der Waals surface area contributed by atoms with Crippen molar-refractivity contribution < 1.29 is 9.47 Å². The molecule has 5 nitrogen and oxygen atoms in total. The molecule has 1 aromatic rings. The number of aryl methyl sites for hydroxylation is 1. The lowest BCUT2D eigenvalue weighted by atomic mass is 10.1. The average Bonchev–Trinajstić information content (AvgIpc) is 2.89. The predicted octanol–water partition coefficient (Wildman–Crippen LogP) is 1.36. The Bertz CT molecular complexity index is 348. The van der Waals surface area contributed by atoms with Gasteiger partial charge in [0.2, 0.25) is 0 Å². The zero-order valence-corrected chi connectivity index (χ0v) is 11.3. The summed E-state index contributed by atoms with van der Waals surface area (Å²) in [4.78, 5) is 4.48. The van der Waals surface area contributed by atoms with E-state index in [0.29, 0.717) is 19.8 Å². The highest BCUT2D eigenvalue weighted by Crippen LogP contribution is 2.20. The molecule has 0 spiro atoms. The number of rotatable bonds is 6. The van der Waals surface area contributed by atoms with Gasteiger partial charge in [-0.2, -0.15) is 0 Å². The maximum absolute atomic E-state index is 5.82. The lowest BCUT2D eigenvalue weighted by molar-refractivity contribution is -0.103. The summed E-state index contributed by atoms with van der Waals surface area (Å²) in [5.41, 5.74) is 0. The van der Waals surface area contributed by atoms with Crippen molar-refractivity contribution in [1.29, 1.82) is 0 Å². The zero-order chi connectivity index (χ0) is 12.8. The summed E-state index contributed by atoms with van der Waals surface area (Å²) < 4.78 is 13.5. The Labute approximate surface area is 108 Å². The summed E-state index contributed by atoms with van der Waals surface area (Å²) in [5.74, 6) is 1.04. The van der Waals surface area contributed by atoms with E-state index in [9.17, 15) is 0 Å². The summed E-state index contributed by atoms with van der Waals surface area (Å²) in [6.07, 6.45) is 5.01. The van der Waals surface area contributed by atoms with Gasteiger partial charge in [-0.25, -0.2) is 4.98 Å². The molecule has 1 N–H and O–H groups in total. The Balaban J connectivity index is 2.12. The van der Waals surface area contributed by atoms with Gasteiger partial charge in [0.15, 0.2) is 0 Å². The number of imidazole rings is 1. The van der Waals surface area contributed by atoms with Crippen molar-refractivity contribution in [2.45, 2.75) is 39.0 Å². The monoisotopic (exact) mass is 253 g/mol. The van der Waals surface area contributed by atoms with E-state index in [1.165, 1.54) is 0 Å². The van der Waals surface area contributed by atoms with Gasteiger partial charge < -0.3 is 19.4 Å². The second-order valence-corrected chi connectivity index (χ2v) is 4.49. The van der Waals surface area contributed by atoms with Crippen LogP contribution in [0.1, 0.15) is 32.1 Å². The average molecular weight is 253 g/mol. The molecule has 0 radical (unpaired) electrons. The molecule has 2 rings (SSSR count). The van der Waals surface area contributed by atoms with Gasteiger partial charge in [0.1, 0.15) is 11.9 Å². The van der Waals surface area contributed by atoms with E-state index in [0.717, 1.165) is 25.3 Å². The first-order chi connectivity index (χ1) is 8.86. The fourth-order valence-electron chi connectivity index (χ4n) is 2.25. The van der Waals surface area contributed by atoms with Crippen molar-refractivity contribution >= 4 is 0 Å².